The minimum Gasteiger partial charge on any atom is -0.395 e. The maximum Gasteiger partial charge on any atom is 0.252 e. The average molecular weight is 326 g/mol. The van der Waals surface area contributed by atoms with Gasteiger partial charge in [0.25, 0.3) is 5.56 Å². The molecule has 1 saturated heterocycles. The van der Waals surface area contributed by atoms with Crippen LogP contribution in [0.4, 0.5) is 5.69 Å². The lowest BCUT2D eigenvalue weighted by molar-refractivity contribution is 0.273. The number of nitrogens with zero attached hydrogens (tertiary/aromatic N) is 2. The van der Waals surface area contributed by atoms with Crippen molar-refractivity contribution in [3.8, 4) is 0 Å². The highest BCUT2D eigenvalue weighted by molar-refractivity contribution is 5.50. The first-order valence-electron chi connectivity index (χ1n) is 8.72. The monoisotopic (exact) mass is 326 g/mol. The molecule has 1 aromatic heterocycles. The van der Waals surface area contributed by atoms with Gasteiger partial charge in [-0.25, -0.2) is 0 Å². The summed E-state index contributed by atoms with van der Waals surface area (Å²) in [5.74, 6) is 0. The van der Waals surface area contributed by atoms with Crippen molar-refractivity contribution in [3.05, 3.63) is 64.1 Å². The summed E-state index contributed by atoms with van der Waals surface area (Å²) in [7, 11) is 0. The molecule has 0 unspecified atom stereocenters. The largest absolute Gasteiger partial charge is 0.395 e. The highest BCUT2D eigenvalue weighted by Gasteiger charge is 2.38. The molecule has 0 aliphatic carbocycles. The first-order valence-corrected chi connectivity index (χ1v) is 8.72. The lowest BCUT2D eigenvalue weighted by atomic mass is 9.77. The van der Waals surface area contributed by atoms with E-state index in [1.54, 1.807) is 10.6 Å². The van der Waals surface area contributed by atoms with Crippen LogP contribution in [0.5, 0.6) is 0 Å². The van der Waals surface area contributed by atoms with Gasteiger partial charge < -0.3 is 14.6 Å². The second-order valence-electron chi connectivity index (χ2n) is 6.74. The summed E-state index contributed by atoms with van der Waals surface area (Å²) in [6, 6.07) is 14.5. The number of anilines is 1. The van der Waals surface area contributed by atoms with Crippen LogP contribution in [0.15, 0.2) is 47.3 Å². The van der Waals surface area contributed by atoms with E-state index in [2.05, 4.69) is 48.2 Å². The third-order valence-electron chi connectivity index (χ3n) is 5.43. The van der Waals surface area contributed by atoms with Gasteiger partial charge in [0.15, 0.2) is 0 Å². The van der Waals surface area contributed by atoms with Crippen molar-refractivity contribution in [1.29, 1.82) is 0 Å². The SMILES string of the molecule is CC[C@@]1(c2ccccc2)CCN(c2cc(C)n(CCO)c(=O)c2)C1. The van der Waals surface area contributed by atoms with Gasteiger partial charge in [0, 0.05) is 42.5 Å². The normalized spacial score (nSPS) is 20.5. The van der Waals surface area contributed by atoms with E-state index in [4.69, 9.17) is 5.11 Å². The molecular weight excluding hydrogens is 300 g/mol. The number of pyridine rings is 1. The van der Waals surface area contributed by atoms with Crippen LogP contribution >= 0.6 is 0 Å². The number of rotatable bonds is 5. The number of benzene rings is 1. The van der Waals surface area contributed by atoms with Gasteiger partial charge in [0.1, 0.15) is 0 Å². The van der Waals surface area contributed by atoms with E-state index < -0.39 is 0 Å². The van der Waals surface area contributed by atoms with Crippen LogP contribution in [0.2, 0.25) is 0 Å². The topological polar surface area (TPSA) is 45.5 Å². The molecule has 1 atom stereocenters. The molecule has 0 amide bonds. The molecule has 4 nitrogen and oxygen atoms in total. The maximum atomic E-state index is 12.3. The number of aromatic nitrogens is 1. The van der Waals surface area contributed by atoms with E-state index in [0.29, 0.717) is 6.54 Å². The first kappa shape index (κ1) is 16.8. The van der Waals surface area contributed by atoms with Gasteiger partial charge in [-0.1, -0.05) is 37.3 Å². The Morgan fingerprint density at radius 2 is 1.96 bits per heavy atom. The highest BCUT2D eigenvalue weighted by atomic mass is 16.3. The lowest BCUT2D eigenvalue weighted by Crippen LogP contribution is -2.32. The van der Waals surface area contributed by atoms with Crippen molar-refractivity contribution in [2.75, 3.05) is 24.6 Å². The first-order chi connectivity index (χ1) is 11.6. The molecule has 2 aromatic rings. The molecule has 0 radical (unpaired) electrons. The van der Waals surface area contributed by atoms with Gasteiger partial charge in [0.2, 0.25) is 0 Å². The fourth-order valence-electron chi connectivity index (χ4n) is 3.89. The number of aryl methyl sites for hydroxylation is 1. The predicted octanol–water partition coefficient (Wildman–Crippen LogP) is 2.71. The second kappa shape index (κ2) is 6.81. The Labute approximate surface area is 143 Å². The van der Waals surface area contributed by atoms with Crippen LogP contribution in [0.25, 0.3) is 0 Å². The molecule has 0 bridgehead atoms. The average Bonchev–Trinajstić information content (AvgIpc) is 3.05. The standard InChI is InChI=1S/C20H26N2O2/c1-3-20(17-7-5-4-6-8-17)9-10-21(15-20)18-13-16(2)22(11-12-23)19(24)14-18/h4-8,13-14,23H,3,9-12,15H2,1-2H3/t20-/m1/s1. The summed E-state index contributed by atoms with van der Waals surface area (Å²) >= 11 is 0. The molecular formula is C20H26N2O2. The molecule has 4 heteroatoms. The molecule has 2 heterocycles. The fourth-order valence-corrected chi connectivity index (χ4v) is 3.89. The lowest BCUT2D eigenvalue weighted by Gasteiger charge is -2.29. The second-order valence-corrected chi connectivity index (χ2v) is 6.74. The molecule has 0 saturated carbocycles. The van der Waals surface area contributed by atoms with Crippen LogP contribution in [0.1, 0.15) is 31.0 Å². The number of hydrogen-bond donors (Lipinski definition) is 1. The zero-order chi connectivity index (χ0) is 17.2. The number of aliphatic hydroxyl groups excluding tert-OH is 1. The fraction of sp³-hybridized carbons (Fsp3) is 0.450. The van der Waals surface area contributed by atoms with Crippen molar-refractivity contribution in [2.45, 2.75) is 38.6 Å². The smallest absolute Gasteiger partial charge is 0.252 e. The van der Waals surface area contributed by atoms with Gasteiger partial charge >= 0.3 is 0 Å². The predicted molar refractivity (Wildman–Crippen MR) is 97.8 cm³/mol. The summed E-state index contributed by atoms with van der Waals surface area (Å²) in [5.41, 5.74) is 3.42. The van der Waals surface area contributed by atoms with E-state index in [1.165, 1.54) is 5.56 Å². The molecule has 0 spiro atoms. The summed E-state index contributed by atoms with van der Waals surface area (Å²) < 4.78 is 1.63. The molecule has 3 rings (SSSR count). The van der Waals surface area contributed by atoms with Crippen molar-refractivity contribution in [1.82, 2.24) is 4.57 Å². The Bertz CT molecular complexity index is 754. The van der Waals surface area contributed by atoms with Gasteiger partial charge in [-0.15, -0.1) is 0 Å². The van der Waals surface area contributed by atoms with Gasteiger partial charge in [-0.05, 0) is 31.4 Å². The summed E-state index contributed by atoms with van der Waals surface area (Å²) in [5, 5.41) is 9.11. The van der Waals surface area contributed by atoms with Crippen molar-refractivity contribution in [2.24, 2.45) is 0 Å². The minimum absolute atomic E-state index is 0.0171. The summed E-state index contributed by atoms with van der Waals surface area (Å²) in [6.45, 7) is 6.43. The molecule has 1 N–H and O–H groups in total. The van der Waals surface area contributed by atoms with Crippen molar-refractivity contribution >= 4 is 5.69 Å². The molecule has 24 heavy (non-hydrogen) atoms. The van der Waals surface area contributed by atoms with E-state index in [1.807, 2.05) is 6.92 Å². The van der Waals surface area contributed by atoms with Crippen LogP contribution in [0.3, 0.4) is 0 Å². The highest BCUT2D eigenvalue weighted by Crippen LogP contribution is 2.39. The molecule has 1 fully saturated rings. The maximum absolute atomic E-state index is 12.3. The summed E-state index contributed by atoms with van der Waals surface area (Å²) in [6.07, 6.45) is 2.19. The number of aliphatic hydroxyl groups is 1. The zero-order valence-electron chi connectivity index (χ0n) is 14.5. The molecule has 1 aliphatic heterocycles. The van der Waals surface area contributed by atoms with E-state index in [9.17, 15) is 4.79 Å². The third-order valence-corrected chi connectivity index (χ3v) is 5.43. The molecule has 128 valence electrons. The van der Waals surface area contributed by atoms with Crippen LogP contribution in [-0.2, 0) is 12.0 Å². The van der Waals surface area contributed by atoms with Gasteiger partial charge in [-0.3, -0.25) is 4.79 Å². The Morgan fingerprint density at radius 3 is 2.58 bits per heavy atom. The summed E-state index contributed by atoms with van der Waals surface area (Å²) in [4.78, 5) is 14.7. The van der Waals surface area contributed by atoms with Gasteiger partial charge in [-0.2, -0.15) is 0 Å². The Kier molecular flexibility index (Phi) is 4.76. The Balaban J connectivity index is 1.89. The van der Waals surface area contributed by atoms with Crippen LogP contribution < -0.4 is 10.5 Å². The van der Waals surface area contributed by atoms with Crippen molar-refractivity contribution < 1.29 is 5.11 Å². The molecule has 1 aliphatic rings. The molecule has 1 aromatic carbocycles. The minimum atomic E-state index is -0.0345. The van der Waals surface area contributed by atoms with E-state index in [0.717, 1.165) is 37.3 Å². The third kappa shape index (κ3) is 2.98. The Hall–Kier alpha value is -2.07. The Morgan fingerprint density at radius 1 is 1.21 bits per heavy atom. The zero-order valence-corrected chi connectivity index (χ0v) is 14.5. The number of hydrogen-bond acceptors (Lipinski definition) is 3. The van der Waals surface area contributed by atoms with E-state index in [-0.39, 0.29) is 17.6 Å². The van der Waals surface area contributed by atoms with E-state index >= 15 is 0 Å². The quantitative estimate of drug-likeness (QED) is 0.919. The van der Waals surface area contributed by atoms with Gasteiger partial charge in [0.05, 0.1) is 6.61 Å². The van der Waals surface area contributed by atoms with Crippen LogP contribution in [-0.4, -0.2) is 29.4 Å². The van der Waals surface area contributed by atoms with Crippen molar-refractivity contribution in [3.63, 3.8) is 0 Å². The van der Waals surface area contributed by atoms with Crippen LogP contribution in [0, 0.1) is 6.92 Å².